The zero-order chi connectivity index (χ0) is 30.4. The second-order valence-electron chi connectivity index (χ2n) is 12.2. The number of hydrogen-bond donors (Lipinski definition) is 2. The molecule has 43 heavy (non-hydrogen) atoms. The van der Waals surface area contributed by atoms with Crippen LogP contribution in [0.15, 0.2) is 60.8 Å². The Balaban J connectivity index is 1.06. The molecule has 2 aromatic carbocycles. The highest BCUT2D eigenvalue weighted by Crippen LogP contribution is 2.44. The molecule has 1 atom stereocenters. The number of piperidine rings is 1. The standard InChI is InChI=1S/C33H36F3N5O2/c1-21(22-2-4-23(5-3-22)28-16-26(33(34,35)36)9-8-25(28)18-37)39-30(42)29-17-27(10-13-38-29)41-19-32(20-41)11-14-40(15-12-32)31(43)24-6-7-24/h2-5,8-10,13,16-17,21,24H,6-7,11-12,14-15,18-20,37H2,1H3,(H,39,42)/t21-/m1/s1. The number of pyridine rings is 1. The summed E-state index contributed by atoms with van der Waals surface area (Å²) in [6.45, 7) is 5.45. The second kappa shape index (κ2) is 11.3. The molecule has 226 valence electrons. The predicted octanol–water partition coefficient (Wildman–Crippen LogP) is 5.56. The quantitative estimate of drug-likeness (QED) is 0.376. The summed E-state index contributed by atoms with van der Waals surface area (Å²) in [4.78, 5) is 34.1. The first-order valence-electron chi connectivity index (χ1n) is 14.9. The van der Waals surface area contributed by atoms with Crippen LogP contribution in [0, 0.1) is 11.3 Å². The van der Waals surface area contributed by atoms with Gasteiger partial charge in [-0.25, -0.2) is 0 Å². The maximum Gasteiger partial charge on any atom is 0.416 e. The molecule has 6 rings (SSSR count). The lowest BCUT2D eigenvalue weighted by molar-refractivity contribution is -0.137. The largest absolute Gasteiger partial charge is 0.416 e. The first-order chi connectivity index (χ1) is 20.5. The average Bonchev–Trinajstić information content (AvgIpc) is 3.85. The monoisotopic (exact) mass is 591 g/mol. The van der Waals surface area contributed by atoms with Crippen LogP contribution in [0.4, 0.5) is 18.9 Å². The number of nitrogens with one attached hydrogen (secondary N) is 1. The number of carbonyl (C=O) groups excluding carboxylic acids is 2. The van der Waals surface area contributed by atoms with Crippen molar-refractivity contribution in [2.24, 2.45) is 17.1 Å². The molecule has 3 heterocycles. The van der Waals surface area contributed by atoms with Crippen LogP contribution in [-0.2, 0) is 17.5 Å². The van der Waals surface area contributed by atoms with Crippen molar-refractivity contribution in [3.05, 3.63) is 83.2 Å². The van der Waals surface area contributed by atoms with Gasteiger partial charge >= 0.3 is 6.18 Å². The third-order valence-electron chi connectivity index (χ3n) is 9.18. The van der Waals surface area contributed by atoms with E-state index in [4.69, 9.17) is 5.73 Å². The van der Waals surface area contributed by atoms with Crippen LogP contribution < -0.4 is 16.0 Å². The van der Waals surface area contributed by atoms with E-state index in [2.05, 4.69) is 15.2 Å². The highest BCUT2D eigenvalue weighted by molar-refractivity contribution is 5.93. The summed E-state index contributed by atoms with van der Waals surface area (Å²) in [5.41, 5.74) is 9.06. The van der Waals surface area contributed by atoms with Gasteiger partial charge in [-0.1, -0.05) is 30.3 Å². The minimum atomic E-state index is -4.45. The van der Waals surface area contributed by atoms with E-state index in [-0.39, 0.29) is 29.8 Å². The van der Waals surface area contributed by atoms with Gasteiger partial charge in [0.15, 0.2) is 0 Å². The molecule has 10 heteroatoms. The van der Waals surface area contributed by atoms with Crippen molar-refractivity contribution in [1.82, 2.24) is 15.2 Å². The van der Waals surface area contributed by atoms with Crippen molar-refractivity contribution in [2.75, 3.05) is 31.1 Å². The molecule has 1 spiro atoms. The molecule has 1 aliphatic carbocycles. The molecule has 0 radical (unpaired) electrons. The Kier molecular flexibility index (Phi) is 7.66. The Morgan fingerprint density at radius 2 is 1.74 bits per heavy atom. The molecule has 3 aliphatic rings. The zero-order valence-corrected chi connectivity index (χ0v) is 24.2. The molecule has 1 saturated carbocycles. The molecule has 7 nitrogen and oxygen atoms in total. The van der Waals surface area contributed by atoms with Gasteiger partial charge < -0.3 is 20.9 Å². The molecule has 2 saturated heterocycles. The topological polar surface area (TPSA) is 91.6 Å². The molecule has 3 N–H and O–H groups in total. The lowest BCUT2D eigenvalue weighted by atomic mass is 9.71. The van der Waals surface area contributed by atoms with Crippen LogP contribution in [0.1, 0.15) is 65.8 Å². The zero-order valence-electron chi connectivity index (χ0n) is 24.2. The molecule has 2 aliphatic heterocycles. The lowest BCUT2D eigenvalue weighted by Gasteiger charge is -2.55. The van der Waals surface area contributed by atoms with E-state index in [1.807, 2.05) is 24.0 Å². The number of nitrogens with two attached hydrogens (primary N) is 1. The molecule has 3 fully saturated rings. The fraction of sp³-hybridized carbons (Fsp3) is 0.424. The van der Waals surface area contributed by atoms with Gasteiger partial charge in [-0.15, -0.1) is 0 Å². The molecular formula is C33H36F3N5O2. The Morgan fingerprint density at radius 1 is 1.05 bits per heavy atom. The van der Waals surface area contributed by atoms with Crippen molar-refractivity contribution in [2.45, 2.75) is 51.4 Å². The first kappa shape index (κ1) is 29.2. The summed E-state index contributed by atoms with van der Waals surface area (Å²) in [6.07, 6.45) is 1.30. The summed E-state index contributed by atoms with van der Waals surface area (Å²) >= 11 is 0. The van der Waals surface area contributed by atoms with E-state index in [1.54, 1.807) is 30.5 Å². The van der Waals surface area contributed by atoms with Crippen molar-refractivity contribution in [3.8, 4) is 11.1 Å². The number of anilines is 1. The molecule has 0 unspecified atom stereocenters. The molecule has 2 amide bonds. The van der Waals surface area contributed by atoms with Crippen molar-refractivity contribution >= 4 is 17.5 Å². The van der Waals surface area contributed by atoms with Gasteiger partial charge in [-0.3, -0.25) is 14.6 Å². The number of likely N-dealkylation sites (tertiary alicyclic amines) is 1. The smallest absolute Gasteiger partial charge is 0.370 e. The number of rotatable bonds is 7. The van der Waals surface area contributed by atoms with Crippen LogP contribution in [-0.4, -0.2) is 47.9 Å². The van der Waals surface area contributed by atoms with Crippen LogP contribution in [0.5, 0.6) is 0 Å². The van der Waals surface area contributed by atoms with Crippen molar-refractivity contribution < 1.29 is 22.8 Å². The highest BCUT2D eigenvalue weighted by atomic mass is 19.4. The number of alkyl halides is 3. The minimum Gasteiger partial charge on any atom is -0.370 e. The average molecular weight is 592 g/mol. The third kappa shape index (κ3) is 6.11. The normalized spacial score (nSPS) is 18.7. The number of nitrogens with zero attached hydrogens (tertiary/aromatic N) is 3. The van der Waals surface area contributed by atoms with Crippen LogP contribution in [0.3, 0.4) is 0 Å². The van der Waals surface area contributed by atoms with Gasteiger partial charge in [0.2, 0.25) is 5.91 Å². The van der Waals surface area contributed by atoms with E-state index in [9.17, 15) is 22.8 Å². The Morgan fingerprint density at radius 3 is 2.37 bits per heavy atom. The molecule has 0 bridgehead atoms. The van der Waals surface area contributed by atoms with Gasteiger partial charge in [0.1, 0.15) is 5.69 Å². The van der Waals surface area contributed by atoms with Gasteiger partial charge in [0.05, 0.1) is 11.6 Å². The summed E-state index contributed by atoms with van der Waals surface area (Å²) in [7, 11) is 0. The fourth-order valence-electron chi connectivity index (χ4n) is 6.30. The van der Waals surface area contributed by atoms with Gasteiger partial charge in [0, 0.05) is 55.9 Å². The summed E-state index contributed by atoms with van der Waals surface area (Å²) < 4.78 is 39.9. The number of halogens is 3. The highest BCUT2D eigenvalue weighted by Gasteiger charge is 2.46. The Labute approximate surface area is 249 Å². The second-order valence-corrected chi connectivity index (χ2v) is 12.2. The molecular weight excluding hydrogens is 555 g/mol. The Bertz CT molecular complexity index is 1500. The number of aromatic nitrogens is 1. The van der Waals surface area contributed by atoms with Crippen molar-refractivity contribution in [1.29, 1.82) is 0 Å². The van der Waals surface area contributed by atoms with Gasteiger partial charge in [-0.2, -0.15) is 13.2 Å². The van der Waals surface area contributed by atoms with E-state index in [1.165, 1.54) is 6.07 Å². The maximum absolute atomic E-state index is 13.3. The predicted molar refractivity (Wildman–Crippen MR) is 158 cm³/mol. The molecule has 3 aromatic rings. The summed E-state index contributed by atoms with van der Waals surface area (Å²) in [5.74, 6) is 0.297. The van der Waals surface area contributed by atoms with Gasteiger partial charge in [-0.05, 0) is 79.1 Å². The number of carbonyl (C=O) groups is 2. The van der Waals surface area contributed by atoms with Crippen LogP contribution in [0.25, 0.3) is 11.1 Å². The van der Waals surface area contributed by atoms with E-state index in [0.717, 1.165) is 75.2 Å². The molecule has 1 aromatic heterocycles. The fourth-order valence-corrected chi connectivity index (χ4v) is 6.30. The number of hydrogen-bond acceptors (Lipinski definition) is 5. The van der Waals surface area contributed by atoms with Crippen LogP contribution >= 0.6 is 0 Å². The first-order valence-corrected chi connectivity index (χ1v) is 14.9. The Hall–Kier alpha value is -3.92. The SMILES string of the molecule is C[C@@H](NC(=O)c1cc(N2CC3(CCN(C(=O)C4CC4)CC3)C2)ccn1)c1ccc(-c2cc(C(F)(F)F)ccc2CN)cc1. The maximum atomic E-state index is 13.3. The van der Waals surface area contributed by atoms with Crippen LogP contribution in [0.2, 0.25) is 0 Å². The van der Waals surface area contributed by atoms with Crippen molar-refractivity contribution in [3.63, 3.8) is 0 Å². The number of amides is 2. The van der Waals surface area contributed by atoms with E-state index < -0.39 is 11.7 Å². The summed E-state index contributed by atoms with van der Waals surface area (Å²) in [6, 6.07) is 14.1. The van der Waals surface area contributed by atoms with Gasteiger partial charge in [0.25, 0.3) is 5.91 Å². The third-order valence-corrected chi connectivity index (χ3v) is 9.18. The lowest BCUT2D eigenvalue weighted by Crippen LogP contribution is -2.61. The van der Waals surface area contributed by atoms with E-state index in [0.29, 0.717) is 28.3 Å². The number of benzene rings is 2. The summed E-state index contributed by atoms with van der Waals surface area (Å²) in [5, 5.41) is 2.99. The van der Waals surface area contributed by atoms with E-state index >= 15 is 0 Å². The minimum absolute atomic E-state index is 0.117.